The maximum atomic E-state index is 12.5. The van der Waals surface area contributed by atoms with E-state index < -0.39 is 0 Å². The van der Waals surface area contributed by atoms with Crippen molar-refractivity contribution in [2.45, 2.75) is 44.1 Å². The molecule has 0 unspecified atom stereocenters. The van der Waals surface area contributed by atoms with Gasteiger partial charge >= 0.3 is 0 Å². The first-order chi connectivity index (χ1) is 14.6. The lowest BCUT2D eigenvalue weighted by molar-refractivity contribution is -0.122. The van der Waals surface area contributed by atoms with Gasteiger partial charge in [-0.05, 0) is 75.9 Å². The number of nitrogens with zero attached hydrogens (tertiary/aromatic N) is 2. The number of carbonyl (C=O) groups excluding carboxylic acids is 1. The van der Waals surface area contributed by atoms with Crippen LogP contribution in [-0.4, -0.2) is 41.4 Å². The number of para-hydroxylation sites is 1. The highest BCUT2D eigenvalue weighted by atomic mass is 35.5. The number of rotatable bonds is 7. The molecule has 1 aliphatic rings. The second-order valence-corrected chi connectivity index (χ2v) is 8.75. The molecule has 2 heterocycles. The summed E-state index contributed by atoms with van der Waals surface area (Å²) in [4.78, 5) is 22.8. The second kappa shape index (κ2) is 10.3. The quantitative estimate of drug-likeness (QED) is 0.560. The minimum absolute atomic E-state index is 0. The zero-order chi connectivity index (χ0) is 21.0. The van der Waals surface area contributed by atoms with Crippen LogP contribution in [0.4, 0.5) is 0 Å². The summed E-state index contributed by atoms with van der Waals surface area (Å²) < 4.78 is 0. The molecule has 0 atom stereocenters. The first-order valence-corrected chi connectivity index (χ1v) is 11.0. The summed E-state index contributed by atoms with van der Waals surface area (Å²) in [6, 6.07) is 14.5. The van der Waals surface area contributed by atoms with Crippen LogP contribution in [0.3, 0.4) is 0 Å². The summed E-state index contributed by atoms with van der Waals surface area (Å²) in [5, 5.41) is 4.38. The Morgan fingerprint density at radius 3 is 2.61 bits per heavy atom. The molecule has 3 aromatic rings. The van der Waals surface area contributed by atoms with E-state index in [9.17, 15) is 4.79 Å². The van der Waals surface area contributed by atoms with Gasteiger partial charge in [0.15, 0.2) is 0 Å². The first kappa shape index (κ1) is 23.3. The molecule has 0 aliphatic heterocycles. The molecule has 1 saturated carbocycles. The number of fused-ring (bicyclic) bond motifs is 1. The Kier molecular flexibility index (Phi) is 7.74. The van der Waals surface area contributed by atoms with Crippen molar-refractivity contribution < 1.29 is 4.79 Å². The smallest absolute Gasteiger partial charge is 0.220 e. The Labute approximate surface area is 191 Å². The molecule has 5 nitrogen and oxygen atoms in total. The predicted molar refractivity (Wildman–Crippen MR) is 128 cm³/mol. The molecule has 0 bridgehead atoms. The van der Waals surface area contributed by atoms with E-state index in [2.05, 4.69) is 70.8 Å². The summed E-state index contributed by atoms with van der Waals surface area (Å²) in [5.74, 6) is 0.630. The molecular weight excluding hydrogens is 408 g/mol. The Hall–Kier alpha value is -2.37. The van der Waals surface area contributed by atoms with E-state index in [0.29, 0.717) is 18.9 Å². The van der Waals surface area contributed by atoms with Gasteiger partial charge < -0.3 is 10.3 Å². The molecule has 4 rings (SSSR count). The zero-order valence-electron chi connectivity index (χ0n) is 18.4. The minimum atomic E-state index is -0.0103. The highest BCUT2D eigenvalue weighted by Crippen LogP contribution is 2.43. The molecule has 1 amide bonds. The molecule has 0 radical (unpaired) electrons. The van der Waals surface area contributed by atoms with Gasteiger partial charge in [-0.1, -0.05) is 24.3 Å². The fourth-order valence-electron chi connectivity index (χ4n) is 4.94. The van der Waals surface area contributed by atoms with Gasteiger partial charge in [-0.3, -0.25) is 14.7 Å². The lowest BCUT2D eigenvalue weighted by Gasteiger charge is -2.44. The van der Waals surface area contributed by atoms with Crippen molar-refractivity contribution in [1.82, 2.24) is 20.2 Å². The molecule has 1 fully saturated rings. The van der Waals surface area contributed by atoms with Crippen molar-refractivity contribution in [3.8, 4) is 0 Å². The summed E-state index contributed by atoms with van der Waals surface area (Å²) in [6.07, 6.45) is 9.62. The van der Waals surface area contributed by atoms with E-state index >= 15 is 0 Å². The van der Waals surface area contributed by atoms with Crippen LogP contribution in [0.2, 0.25) is 0 Å². The summed E-state index contributed by atoms with van der Waals surface area (Å²) >= 11 is 0. The van der Waals surface area contributed by atoms with Gasteiger partial charge in [0.25, 0.3) is 0 Å². The Morgan fingerprint density at radius 2 is 1.90 bits per heavy atom. The van der Waals surface area contributed by atoms with E-state index in [-0.39, 0.29) is 23.9 Å². The van der Waals surface area contributed by atoms with Crippen LogP contribution in [0.15, 0.2) is 54.9 Å². The molecular formula is C25H33ClN4O. The molecule has 1 aliphatic carbocycles. The van der Waals surface area contributed by atoms with Crippen LogP contribution >= 0.6 is 12.4 Å². The van der Waals surface area contributed by atoms with E-state index in [1.165, 1.54) is 10.9 Å². The highest BCUT2D eigenvalue weighted by Gasteiger charge is 2.40. The lowest BCUT2D eigenvalue weighted by Crippen LogP contribution is -2.45. The van der Waals surface area contributed by atoms with E-state index in [4.69, 9.17) is 0 Å². The fourth-order valence-corrected chi connectivity index (χ4v) is 4.94. The monoisotopic (exact) mass is 440 g/mol. The van der Waals surface area contributed by atoms with Crippen LogP contribution in [0, 0.1) is 5.92 Å². The van der Waals surface area contributed by atoms with Crippen molar-refractivity contribution in [2.75, 3.05) is 20.6 Å². The minimum Gasteiger partial charge on any atom is -0.361 e. The third-order valence-electron chi connectivity index (χ3n) is 6.80. The Balaban J connectivity index is 0.00000272. The Bertz CT molecular complexity index is 977. The fraction of sp³-hybridized carbons (Fsp3) is 0.440. The van der Waals surface area contributed by atoms with Gasteiger partial charge in [-0.15, -0.1) is 12.4 Å². The van der Waals surface area contributed by atoms with E-state index in [1.54, 1.807) is 0 Å². The highest BCUT2D eigenvalue weighted by molar-refractivity contribution is 5.85. The SMILES string of the molecule is CN(C)C1(c2ccccn2)CCC(CC(=O)NCCc2c[nH]c3ccccc23)CC1.Cl. The number of amides is 1. The number of halogens is 1. The number of H-pyrrole nitrogens is 1. The largest absolute Gasteiger partial charge is 0.361 e. The van der Waals surface area contributed by atoms with Crippen LogP contribution in [0.5, 0.6) is 0 Å². The molecule has 2 aromatic heterocycles. The number of benzene rings is 1. The van der Waals surface area contributed by atoms with Gasteiger partial charge in [0.1, 0.15) is 0 Å². The van der Waals surface area contributed by atoms with Crippen molar-refractivity contribution in [2.24, 2.45) is 5.92 Å². The number of aromatic amines is 1. The van der Waals surface area contributed by atoms with Crippen molar-refractivity contribution in [3.63, 3.8) is 0 Å². The summed E-state index contributed by atoms with van der Waals surface area (Å²) in [5.41, 5.74) is 3.55. The van der Waals surface area contributed by atoms with Gasteiger partial charge in [0.05, 0.1) is 11.2 Å². The van der Waals surface area contributed by atoms with Crippen molar-refractivity contribution >= 4 is 29.2 Å². The molecule has 31 heavy (non-hydrogen) atoms. The topological polar surface area (TPSA) is 61.0 Å². The number of pyridine rings is 1. The van der Waals surface area contributed by atoms with Crippen LogP contribution in [0.25, 0.3) is 10.9 Å². The predicted octanol–water partition coefficient (Wildman–Crippen LogP) is 4.68. The van der Waals surface area contributed by atoms with Gasteiger partial charge in [-0.2, -0.15) is 0 Å². The van der Waals surface area contributed by atoms with Crippen LogP contribution < -0.4 is 5.32 Å². The first-order valence-electron chi connectivity index (χ1n) is 11.0. The number of hydrogen-bond donors (Lipinski definition) is 2. The average molecular weight is 441 g/mol. The third-order valence-corrected chi connectivity index (χ3v) is 6.80. The summed E-state index contributed by atoms with van der Waals surface area (Å²) in [7, 11) is 4.29. The number of carbonyl (C=O) groups is 1. The van der Waals surface area contributed by atoms with Crippen LogP contribution in [-0.2, 0) is 16.8 Å². The van der Waals surface area contributed by atoms with Crippen LogP contribution in [0.1, 0.15) is 43.4 Å². The molecule has 1 aromatic carbocycles. The lowest BCUT2D eigenvalue weighted by atomic mass is 9.72. The van der Waals surface area contributed by atoms with Gasteiger partial charge in [-0.25, -0.2) is 0 Å². The number of nitrogens with one attached hydrogen (secondary N) is 2. The van der Waals surface area contributed by atoms with Crippen molar-refractivity contribution in [1.29, 1.82) is 0 Å². The third kappa shape index (κ3) is 5.10. The normalized spacial score (nSPS) is 21.1. The molecule has 6 heteroatoms. The maximum Gasteiger partial charge on any atom is 0.220 e. The van der Waals surface area contributed by atoms with Crippen molar-refractivity contribution in [3.05, 3.63) is 66.1 Å². The molecule has 2 N–H and O–H groups in total. The summed E-state index contributed by atoms with van der Waals surface area (Å²) in [6.45, 7) is 0.684. The van der Waals surface area contributed by atoms with E-state index in [1.807, 2.05) is 18.3 Å². The number of aromatic nitrogens is 2. The zero-order valence-corrected chi connectivity index (χ0v) is 19.3. The number of hydrogen-bond acceptors (Lipinski definition) is 3. The Morgan fingerprint density at radius 1 is 1.16 bits per heavy atom. The molecule has 0 spiro atoms. The standard InChI is InChI=1S/C25H32N4O.ClH/c1-29(2)25(23-9-5-6-15-26-23)13-10-19(11-14-25)17-24(30)27-16-12-20-18-28-22-8-4-3-7-21(20)22;/h3-9,15,18-19,28H,10-14,16-17H2,1-2H3,(H,27,30);1H. The second-order valence-electron chi connectivity index (χ2n) is 8.75. The van der Waals surface area contributed by atoms with E-state index in [0.717, 1.165) is 43.3 Å². The van der Waals surface area contributed by atoms with Gasteiger partial charge in [0, 0.05) is 36.3 Å². The van der Waals surface area contributed by atoms with Gasteiger partial charge in [0.2, 0.25) is 5.91 Å². The maximum absolute atomic E-state index is 12.5. The average Bonchev–Trinajstić information content (AvgIpc) is 3.18. The molecule has 0 saturated heterocycles. The molecule has 166 valence electrons.